The first kappa shape index (κ1) is 6.36. The number of likely N-dealkylation sites (N-methyl/N-ethyl adjacent to an activating group) is 1. The lowest BCUT2D eigenvalue weighted by molar-refractivity contribution is 0.356. The SMILES string of the molecule is CC1=CC=CC(N)N1C. The predicted molar refractivity (Wildman–Crippen MR) is 38.6 cm³/mol. The average molecular weight is 124 g/mol. The summed E-state index contributed by atoms with van der Waals surface area (Å²) < 4.78 is 0. The van der Waals surface area contributed by atoms with Crippen LogP contribution in [0.4, 0.5) is 0 Å². The molecule has 0 radical (unpaired) electrons. The lowest BCUT2D eigenvalue weighted by Crippen LogP contribution is -2.37. The van der Waals surface area contributed by atoms with Gasteiger partial charge in [0.05, 0.1) is 6.17 Å². The van der Waals surface area contributed by atoms with Crippen molar-refractivity contribution >= 4 is 0 Å². The molecular formula is C7H12N2. The third-order valence-electron chi connectivity index (χ3n) is 1.65. The summed E-state index contributed by atoms with van der Waals surface area (Å²) in [5.41, 5.74) is 6.88. The molecule has 0 amide bonds. The van der Waals surface area contributed by atoms with Gasteiger partial charge >= 0.3 is 0 Å². The highest BCUT2D eigenvalue weighted by atomic mass is 15.2. The zero-order valence-electron chi connectivity index (χ0n) is 5.83. The van der Waals surface area contributed by atoms with Crippen molar-refractivity contribution in [2.24, 2.45) is 5.73 Å². The van der Waals surface area contributed by atoms with Crippen molar-refractivity contribution < 1.29 is 0 Å². The van der Waals surface area contributed by atoms with Crippen LogP contribution in [0.1, 0.15) is 6.92 Å². The standard InChI is InChI=1S/C7H12N2/c1-6-4-3-5-7(8)9(6)2/h3-5,7H,8H2,1-2H3. The van der Waals surface area contributed by atoms with Crippen molar-refractivity contribution in [3.8, 4) is 0 Å². The molecule has 1 atom stereocenters. The third kappa shape index (κ3) is 1.13. The maximum absolute atomic E-state index is 5.67. The Bertz CT molecular complexity index is 158. The van der Waals surface area contributed by atoms with E-state index in [2.05, 4.69) is 0 Å². The monoisotopic (exact) mass is 124 g/mol. The molecule has 0 aliphatic carbocycles. The normalized spacial score (nSPS) is 26.3. The minimum atomic E-state index is 0.0648. The van der Waals surface area contributed by atoms with E-state index < -0.39 is 0 Å². The lowest BCUT2D eigenvalue weighted by atomic mass is 10.2. The van der Waals surface area contributed by atoms with E-state index in [0.717, 1.165) is 0 Å². The Morgan fingerprint density at radius 3 is 2.78 bits per heavy atom. The largest absolute Gasteiger partial charge is 0.359 e. The van der Waals surface area contributed by atoms with Crippen LogP contribution in [0.5, 0.6) is 0 Å². The van der Waals surface area contributed by atoms with Gasteiger partial charge in [-0.25, -0.2) is 0 Å². The second-order valence-corrected chi connectivity index (χ2v) is 2.29. The van der Waals surface area contributed by atoms with E-state index in [1.54, 1.807) is 0 Å². The predicted octanol–water partition coefficient (Wildman–Crippen LogP) is 0.677. The van der Waals surface area contributed by atoms with Crippen LogP contribution in [0, 0.1) is 0 Å². The van der Waals surface area contributed by atoms with Crippen LogP contribution in [-0.4, -0.2) is 18.1 Å². The molecule has 0 spiro atoms. The second kappa shape index (κ2) is 2.23. The van der Waals surface area contributed by atoms with E-state index in [4.69, 9.17) is 5.73 Å². The van der Waals surface area contributed by atoms with E-state index in [0.29, 0.717) is 0 Å². The van der Waals surface area contributed by atoms with E-state index in [9.17, 15) is 0 Å². The van der Waals surface area contributed by atoms with Gasteiger partial charge in [-0.15, -0.1) is 0 Å². The molecular weight excluding hydrogens is 112 g/mol. The molecule has 0 saturated heterocycles. The van der Waals surface area contributed by atoms with Crippen molar-refractivity contribution in [1.29, 1.82) is 0 Å². The molecule has 0 aromatic rings. The molecule has 2 N–H and O–H groups in total. The first-order valence-corrected chi connectivity index (χ1v) is 3.05. The molecule has 0 saturated carbocycles. The summed E-state index contributed by atoms with van der Waals surface area (Å²) in [6.07, 6.45) is 6.06. The summed E-state index contributed by atoms with van der Waals surface area (Å²) in [6.45, 7) is 2.04. The Balaban J connectivity index is 2.73. The van der Waals surface area contributed by atoms with Crippen molar-refractivity contribution in [3.63, 3.8) is 0 Å². The molecule has 0 aromatic carbocycles. The van der Waals surface area contributed by atoms with Crippen LogP contribution in [0.2, 0.25) is 0 Å². The van der Waals surface area contributed by atoms with Crippen molar-refractivity contribution in [3.05, 3.63) is 23.9 Å². The molecule has 0 fully saturated rings. The molecule has 50 valence electrons. The Morgan fingerprint density at radius 1 is 1.67 bits per heavy atom. The van der Waals surface area contributed by atoms with E-state index in [-0.39, 0.29) is 6.17 Å². The highest BCUT2D eigenvalue weighted by Gasteiger charge is 2.07. The van der Waals surface area contributed by atoms with Crippen LogP contribution < -0.4 is 5.73 Å². The first-order valence-electron chi connectivity index (χ1n) is 3.05. The van der Waals surface area contributed by atoms with Gasteiger partial charge in [0.25, 0.3) is 0 Å². The zero-order valence-corrected chi connectivity index (χ0v) is 5.83. The van der Waals surface area contributed by atoms with Crippen LogP contribution in [0.25, 0.3) is 0 Å². The van der Waals surface area contributed by atoms with Crippen molar-refractivity contribution in [2.75, 3.05) is 7.05 Å². The quantitative estimate of drug-likeness (QED) is 0.514. The van der Waals surface area contributed by atoms with Gasteiger partial charge in [0.1, 0.15) is 0 Å². The van der Waals surface area contributed by atoms with Crippen LogP contribution in [0.15, 0.2) is 23.9 Å². The fourth-order valence-corrected chi connectivity index (χ4v) is 0.790. The molecule has 1 unspecified atom stereocenters. The minimum absolute atomic E-state index is 0.0648. The van der Waals surface area contributed by atoms with Crippen LogP contribution in [0.3, 0.4) is 0 Å². The van der Waals surface area contributed by atoms with Crippen LogP contribution in [-0.2, 0) is 0 Å². The summed E-state index contributed by atoms with van der Waals surface area (Å²) >= 11 is 0. The van der Waals surface area contributed by atoms with E-state index >= 15 is 0 Å². The number of nitrogens with two attached hydrogens (primary N) is 1. The number of hydrogen-bond donors (Lipinski definition) is 1. The molecule has 2 nitrogen and oxygen atoms in total. The van der Waals surface area contributed by atoms with Gasteiger partial charge in [0.2, 0.25) is 0 Å². The van der Waals surface area contributed by atoms with E-state index in [1.807, 2.05) is 37.1 Å². The van der Waals surface area contributed by atoms with Crippen molar-refractivity contribution in [1.82, 2.24) is 4.90 Å². The van der Waals surface area contributed by atoms with Gasteiger partial charge in [-0.1, -0.05) is 6.08 Å². The molecule has 0 bridgehead atoms. The fourth-order valence-electron chi connectivity index (χ4n) is 0.790. The summed E-state index contributed by atoms with van der Waals surface area (Å²) in [7, 11) is 1.99. The zero-order chi connectivity index (χ0) is 6.85. The first-order chi connectivity index (χ1) is 4.22. The number of nitrogens with zero attached hydrogens (tertiary/aromatic N) is 1. The Hall–Kier alpha value is -0.760. The van der Waals surface area contributed by atoms with Gasteiger partial charge in [-0.05, 0) is 19.1 Å². The molecule has 1 aliphatic rings. The summed E-state index contributed by atoms with van der Waals surface area (Å²) in [6, 6.07) is 0. The number of hydrogen-bond acceptors (Lipinski definition) is 2. The van der Waals surface area contributed by atoms with E-state index in [1.165, 1.54) is 5.70 Å². The summed E-state index contributed by atoms with van der Waals surface area (Å²) in [5.74, 6) is 0. The van der Waals surface area contributed by atoms with Crippen molar-refractivity contribution in [2.45, 2.75) is 13.1 Å². The molecule has 1 heterocycles. The number of allylic oxidation sites excluding steroid dienone is 3. The molecule has 0 aromatic heterocycles. The molecule has 2 heteroatoms. The highest BCUT2D eigenvalue weighted by Crippen LogP contribution is 2.08. The average Bonchev–Trinajstić information content (AvgIpc) is 1.83. The maximum Gasteiger partial charge on any atom is 0.0958 e. The summed E-state index contributed by atoms with van der Waals surface area (Å²) in [5, 5.41) is 0. The Kier molecular flexibility index (Phi) is 1.58. The maximum atomic E-state index is 5.67. The molecule has 9 heavy (non-hydrogen) atoms. The van der Waals surface area contributed by atoms with Gasteiger partial charge < -0.3 is 10.6 Å². The summed E-state index contributed by atoms with van der Waals surface area (Å²) in [4.78, 5) is 2.03. The third-order valence-corrected chi connectivity index (χ3v) is 1.65. The highest BCUT2D eigenvalue weighted by molar-refractivity contribution is 5.17. The van der Waals surface area contributed by atoms with Crippen LogP contribution >= 0.6 is 0 Å². The Labute approximate surface area is 55.6 Å². The molecule has 1 rings (SSSR count). The van der Waals surface area contributed by atoms with Gasteiger partial charge in [0.15, 0.2) is 0 Å². The minimum Gasteiger partial charge on any atom is -0.359 e. The van der Waals surface area contributed by atoms with Gasteiger partial charge in [0, 0.05) is 12.7 Å². The number of rotatable bonds is 0. The van der Waals surface area contributed by atoms with Gasteiger partial charge in [-0.2, -0.15) is 0 Å². The second-order valence-electron chi connectivity index (χ2n) is 2.29. The fraction of sp³-hybridized carbons (Fsp3) is 0.429. The lowest BCUT2D eigenvalue weighted by Gasteiger charge is -2.26. The van der Waals surface area contributed by atoms with Gasteiger partial charge in [-0.3, -0.25) is 0 Å². The Morgan fingerprint density at radius 2 is 2.33 bits per heavy atom. The molecule has 1 aliphatic heterocycles. The topological polar surface area (TPSA) is 29.3 Å². The smallest absolute Gasteiger partial charge is 0.0958 e.